The van der Waals surface area contributed by atoms with E-state index < -0.39 is 0 Å². The summed E-state index contributed by atoms with van der Waals surface area (Å²) in [4.78, 5) is 0. The van der Waals surface area contributed by atoms with E-state index in [1.807, 2.05) is 0 Å². The summed E-state index contributed by atoms with van der Waals surface area (Å²) >= 11 is 0. The number of rotatable bonds is 0. The zero-order chi connectivity index (χ0) is 52.4. The van der Waals surface area contributed by atoms with Crippen LogP contribution in [0.4, 0.5) is 0 Å². The van der Waals surface area contributed by atoms with Gasteiger partial charge in [0.15, 0.2) is 0 Å². The SMILES string of the molecule is c1ccc2c(c1)Cc1c-2ccc2c1-c1ccccc1C2.c1ccc2c(c1)Cc1c-2ccc2c1Cc1ccccc1-2.c1ccc2c(c1)Cc1cc3c(cc1-2)-c1ccccc1C3.c1ccc2c(c1)Cc1cc3c(cc1-2)Cc1ccccc1-3. The minimum Gasteiger partial charge on any atom is -0.0619 e. The third-order valence-electron chi connectivity index (χ3n) is 18.9. The molecule has 8 aliphatic carbocycles. The Kier molecular flexibility index (Phi) is 10.3. The average Bonchev–Trinajstić information content (AvgIpc) is 4.59. The fourth-order valence-electron chi connectivity index (χ4n) is 15.3. The Morgan fingerprint density at radius 1 is 0.138 bits per heavy atom. The van der Waals surface area contributed by atoms with Gasteiger partial charge >= 0.3 is 0 Å². The van der Waals surface area contributed by atoms with E-state index in [1.54, 1.807) is 11.1 Å². The van der Waals surface area contributed by atoms with E-state index >= 15 is 0 Å². The highest BCUT2D eigenvalue weighted by Gasteiger charge is 2.31. The van der Waals surface area contributed by atoms with E-state index in [4.69, 9.17) is 0 Å². The monoisotopic (exact) mass is 1020 g/mol. The summed E-state index contributed by atoms with van der Waals surface area (Å²) in [6.45, 7) is 0. The van der Waals surface area contributed by atoms with E-state index in [9.17, 15) is 0 Å². The average molecular weight is 1020 g/mol. The van der Waals surface area contributed by atoms with Gasteiger partial charge in [0.25, 0.3) is 0 Å². The Bertz CT molecular complexity index is 4350. The van der Waals surface area contributed by atoms with Crippen LogP contribution < -0.4 is 0 Å². The first-order valence-electron chi connectivity index (χ1n) is 28.9. The second-order valence-electron chi connectivity index (χ2n) is 23.2. The third kappa shape index (κ3) is 7.21. The molecule has 0 spiro atoms. The quantitative estimate of drug-likeness (QED) is 0.142. The van der Waals surface area contributed by atoms with E-state index in [0.29, 0.717) is 0 Å². The van der Waals surface area contributed by atoms with Crippen molar-refractivity contribution < 1.29 is 0 Å². The summed E-state index contributed by atoms with van der Waals surface area (Å²) in [5, 5.41) is 0. The topological polar surface area (TPSA) is 0 Å². The molecule has 0 radical (unpaired) electrons. The van der Waals surface area contributed by atoms with Gasteiger partial charge in [-0.25, -0.2) is 0 Å². The Morgan fingerprint density at radius 2 is 0.388 bits per heavy atom. The Morgan fingerprint density at radius 3 is 0.775 bits per heavy atom. The molecule has 0 heteroatoms. The van der Waals surface area contributed by atoms with Gasteiger partial charge in [0.1, 0.15) is 0 Å². The molecule has 0 saturated carbocycles. The van der Waals surface area contributed by atoms with Crippen molar-refractivity contribution in [1.29, 1.82) is 0 Å². The maximum Gasteiger partial charge on any atom is -0.000718 e. The Labute approximate surface area is 469 Å². The maximum absolute atomic E-state index is 2.44. The molecular weight excluding hydrogens is 961 g/mol. The van der Waals surface area contributed by atoms with Crippen LogP contribution in [-0.2, 0) is 51.4 Å². The molecular formula is C80H56. The van der Waals surface area contributed by atoms with Crippen molar-refractivity contribution in [3.63, 3.8) is 0 Å². The summed E-state index contributed by atoms with van der Waals surface area (Å²) in [6.07, 6.45) is 8.73. The molecule has 80 heavy (non-hydrogen) atoms. The zero-order valence-corrected chi connectivity index (χ0v) is 44.8. The largest absolute Gasteiger partial charge is 0.0619 e. The van der Waals surface area contributed by atoms with Gasteiger partial charge in [-0.2, -0.15) is 0 Å². The minimum atomic E-state index is 1.08. The molecule has 12 aromatic rings. The van der Waals surface area contributed by atoms with E-state index in [-0.39, 0.29) is 0 Å². The molecule has 0 unspecified atom stereocenters. The summed E-state index contributed by atoms with van der Waals surface area (Å²) in [7, 11) is 0. The van der Waals surface area contributed by atoms with Gasteiger partial charge in [0, 0.05) is 0 Å². The van der Waals surface area contributed by atoms with Crippen LogP contribution in [0.5, 0.6) is 0 Å². The van der Waals surface area contributed by atoms with Crippen LogP contribution in [0.25, 0.3) is 89.0 Å². The number of fused-ring (bicyclic) bond motifs is 26. The zero-order valence-electron chi connectivity index (χ0n) is 44.8. The van der Waals surface area contributed by atoms with Crippen LogP contribution in [0, 0.1) is 0 Å². The molecule has 8 aliphatic rings. The molecule has 0 nitrogen and oxygen atoms in total. The summed E-state index contributed by atoms with van der Waals surface area (Å²) in [6, 6.07) is 89.6. The fraction of sp³-hybridized carbons (Fsp3) is 0.100. The first-order chi connectivity index (χ1) is 39.6. The molecule has 12 aromatic carbocycles. The molecule has 0 amide bonds. The standard InChI is InChI=1S/4C20H14/c1-3-7-16-14(6-1)12-19-18(16)10-9-15-11-13-5-2-4-8-17(13)20(15)19;1-3-7-17-13(5-1)9-15-11-20-16(12-19(15)17)10-14-6-2-4-8-18(14)20;1-3-7-17-13(5-1)9-15-11-16-10-14-6-2-4-8-18(14)20(16)12-19(15)17;1-3-7-15-13(5-1)11-19-17(15)9-10-18-16-8-4-2-6-14(16)12-20(18)19/h1-10H,11-12H2;2*1-8,11-12H,9-10H2;1-10H,11-12H2. The highest BCUT2D eigenvalue weighted by Crippen LogP contribution is 2.50. The first kappa shape index (κ1) is 45.6. The van der Waals surface area contributed by atoms with Gasteiger partial charge in [-0.15, -0.1) is 0 Å². The predicted octanol–water partition coefficient (Wildman–Crippen LogP) is 19.3. The lowest BCUT2D eigenvalue weighted by Crippen LogP contribution is -1.90. The molecule has 0 heterocycles. The van der Waals surface area contributed by atoms with Crippen molar-refractivity contribution in [2.45, 2.75) is 51.4 Å². The summed E-state index contributed by atoms with van der Waals surface area (Å²) in [5.41, 5.74) is 47.0. The van der Waals surface area contributed by atoms with E-state index in [1.165, 1.54) is 167 Å². The molecule has 0 bridgehead atoms. The highest BCUT2D eigenvalue weighted by molar-refractivity contribution is 5.91. The van der Waals surface area contributed by atoms with Gasteiger partial charge in [0.05, 0.1) is 0 Å². The minimum absolute atomic E-state index is 1.08. The van der Waals surface area contributed by atoms with Crippen molar-refractivity contribution in [3.05, 3.63) is 332 Å². The summed E-state index contributed by atoms with van der Waals surface area (Å²) in [5.74, 6) is 0. The lowest BCUT2D eigenvalue weighted by atomic mass is 9.95. The Hall–Kier alpha value is -9.36. The van der Waals surface area contributed by atoms with Crippen molar-refractivity contribution in [1.82, 2.24) is 0 Å². The van der Waals surface area contributed by atoms with Gasteiger partial charge < -0.3 is 0 Å². The third-order valence-corrected chi connectivity index (χ3v) is 18.9. The molecule has 0 fully saturated rings. The van der Waals surface area contributed by atoms with Crippen LogP contribution in [0.3, 0.4) is 0 Å². The van der Waals surface area contributed by atoms with Crippen LogP contribution in [0.2, 0.25) is 0 Å². The molecule has 20 rings (SSSR count). The van der Waals surface area contributed by atoms with Gasteiger partial charge in [-0.3, -0.25) is 0 Å². The fourth-order valence-corrected chi connectivity index (χ4v) is 15.3. The summed E-state index contributed by atoms with van der Waals surface area (Å²) < 4.78 is 0. The van der Waals surface area contributed by atoms with Crippen LogP contribution in [-0.4, -0.2) is 0 Å². The van der Waals surface area contributed by atoms with Crippen molar-refractivity contribution in [2.75, 3.05) is 0 Å². The second-order valence-corrected chi connectivity index (χ2v) is 23.2. The molecule has 0 N–H and O–H groups in total. The number of hydrogen-bond acceptors (Lipinski definition) is 0. The van der Waals surface area contributed by atoms with Crippen LogP contribution >= 0.6 is 0 Å². The van der Waals surface area contributed by atoms with E-state index in [0.717, 1.165) is 51.4 Å². The first-order valence-corrected chi connectivity index (χ1v) is 28.9. The highest BCUT2D eigenvalue weighted by atomic mass is 14.3. The number of benzene rings is 12. The van der Waals surface area contributed by atoms with Gasteiger partial charge in [-0.05, 0) is 248 Å². The van der Waals surface area contributed by atoms with Gasteiger partial charge in [-0.1, -0.05) is 224 Å². The smallest absolute Gasteiger partial charge is 0.000718 e. The predicted molar refractivity (Wildman–Crippen MR) is 332 cm³/mol. The normalized spacial score (nSPS) is 13.6. The lowest BCUT2D eigenvalue weighted by Gasteiger charge is -2.08. The van der Waals surface area contributed by atoms with Gasteiger partial charge in [0.2, 0.25) is 0 Å². The van der Waals surface area contributed by atoms with Crippen molar-refractivity contribution in [2.24, 2.45) is 0 Å². The van der Waals surface area contributed by atoms with Crippen molar-refractivity contribution in [3.8, 4) is 89.0 Å². The van der Waals surface area contributed by atoms with Crippen LogP contribution in [0.15, 0.2) is 243 Å². The Balaban J connectivity index is 0.0000000853. The van der Waals surface area contributed by atoms with Crippen LogP contribution in [0.1, 0.15) is 89.0 Å². The molecule has 0 aromatic heterocycles. The second kappa shape index (κ2) is 18.1. The molecule has 376 valence electrons. The molecule has 0 atom stereocenters. The molecule has 0 aliphatic heterocycles. The van der Waals surface area contributed by atoms with E-state index in [2.05, 4.69) is 243 Å². The number of hydrogen-bond donors (Lipinski definition) is 0. The molecule has 0 saturated heterocycles. The van der Waals surface area contributed by atoms with Crippen molar-refractivity contribution >= 4 is 0 Å². The lowest BCUT2D eigenvalue weighted by molar-refractivity contribution is 1.16. The maximum atomic E-state index is 2.44.